The molecule has 3 atom stereocenters. The molecule has 0 amide bonds. The Kier molecular flexibility index (Phi) is 3.85. The second-order valence-electron chi connectivity index (χ2n) is 7.25. The van der Waals surface area contributed by atoms with Crippen LogP contribution in [-0.4, -0.2) is 18.2 Å². The fourth-order valence-electron chi connectivity index (χ4n) is 4.59. The summed E-state index contributed by atoms with van der Waals surface area (Å²) >= 11 is 0. The minimum absolute atomic E-state index is 0.133. The maximum Gasteiger partial charge on any atom is 0.336 e. The number of piperidine rings is 1. The Morgan fingerprint density at radius 2 is 1.96 bits per heavy atom. The van der Waals surface area contributed by atoms with Gasteiger partial charge in [-0.2, -0.15) is 0 Å². The molecule has 1 aromatic heterocycles. The van der Waals surface area contributed by atoms with E-state index in [0.29, 0.717) is 5.58 Å². The van der Waals surface area contributed by atoms with Crippen molar-refractivity contribution in [1.82, 2.24) is 0 Å². The Hall–Kier alpha value is -1.81. The third-order valence-corrected chi connectivity index (χ3v) is 5.74. The summed E-state index contributed by atoms with van der Waals surface area (Å²) in [6.07, 6.45) is 6.89. The maximum absolute atomic E-state index is 11.8. The van der Waals surface area contributed by atoms with E-state index < -0.39 is 0 Å². The minimum atomic E-state index is -0.329. The summed E-state index contributed by atoms with van der Waals surface area (Å²) < 4.78 is 5.23. The summed E-state index contributed by atoms with van der Waals surface area (Å²) in [5.74, 6) is 1.93. The highest BCUT2D eigenvalue weighted by atomic mass is 16.4. The van der Waals surface area contributed by atoms with E-state index in [9.17, 15) is 9.90 Å². The van der Waals surface area contributed by atoms with Gasteiger partial charge in [-0.1, -0.05) is 12.8 Å². The molecule has 0 spiro atoms. The first-order valence-electron chi connectivity index (χ1n) is 8.78. The van der Waals surface area contributed by atoms with Gasteiger partial charge in [0.2, 0.25) is 0 Å². The first-order valence-corrected chi connectivity index (χ1v) is 8.78. The van der Waals surface area contributed by atoms with Crippen LogP contribution in [0.3, 0.4) is 0 Å². The lowest BCUT2D eigenvalue weighted by Gasteiger charge is -2.39. The van der Waals surface area contributed by atoms with Crippen LogP contribution >= 0.6 is 0 Å². The van der Waals surface area contributed by atoms with E-state index in [1.165, 1.54) is 51.3 Å². The average molecular weight is 314 g/mol. The van der Waals surface area contributed by atoms with Crippen LogP contribution in [0.2, 0.25) is 0 Å². The summed E-state index contributed by atoms with van der Waals surface area (Å²) in [5.41, 5.74) is 1.20. The molecule has 2 aromatic rings. The zero-order chi connectivity index (χ0) is 15.8. The number of hydrogen-bond acceptors (Lipinski definition) is 3. The van der Waals surface area contributed by atoms with Crippen molar-refractivity contribution in [3.63, 3.8) is 0 Å². The second kappa shape index (κ2) is 6.00. The lowest BCUT2D eigenvalue weighted by molar-refractivity contribution is -0.924. The molecule has 23 heavy (non-hydrogen) atoms. The maximum atomic E-state index is 11.8. The fraction of sp³-hybridized carbons (Fsp3) is 0.526. The van der Waals surface area contributed by atoms with Gasteiger partial charge in [0, 0.05) is 29.0 Å². The van der Waals surface area contributed by atoms with Crippen LogP contribution < -0.4 is 10.5 Å². The van der Waals surface area contributed by atoms with Crippen LogP contribution in [0.1, 0.15) is 37.7 Å². The van der Waals surface area contributed by atoms with E-state index in [1.807, 2.05) is 6.07 Å². The molecule has 2 aliphatic rings. The number of fused-ring (bicyclic) bond motifs is 2. The van der Waals surface area contributed by atoms with Crippen molar-refractivity contribution in [2.24, 2.45) is 11.8 Å². The van der Waals surface area contributed by atoms with Crippen molar-refractivity contribution in [2.75, 3.05) is 13.1 Å². The zero-order valence-electron chi connectivity index (χ0n) is 13.4. The van der Waals surface area contributed by atoms with Gasteiger partial charge in [-0.05, 0) is 37.3 Å². The Balaban J connectivity index is 1.59. The lowest BCUT2D eigenvalue weighted by atomic mass is 9.75. The van der Waals surface area contributed by atoms with E-state index in [-0.39, 0.29) is 11.4 Å². The summed E-state index contributed by atoms with van der Waals surface area (Å²) in [6.45, 7) is 3.29. The number of benzene rings is 1. The highest BCUT2D eigenvalue weighted by molar-refractivity contribution is 5.81. The van der Waals surface area contributed by atoms with E-state index in [4.69, 9.17) is 4.42 Å². The first-order chi connectivity index (χ1) is 11.2. The molecule has 1 aliphatic carbocycles. The van der Waals surface area contributed by atoms with Gasteiger partial charge < -0.3 is 14.4 Å². The smallest absolute Gasteiger partial charge is 0.336 e. The molecule has 1 aliphatic heterocycles. The molecule has 2 fully saturated rings. The van der Waals surface area contributed by atoms with Crippen molar-refractivity contribution >= 4 is 11.0 Å². The molecule has 1 aromatic carbocycles. The molecule has 0 bridgehead atoms. The molecule has 4 nitrogen and oxygen atoms in total. The molecule has 4 heteroatoms. The Morgan fingerprint density at radius 3 is 2.83 bits per heavy atom. The van der Waals surface area contributed by atoms with Crippen LogP contribution in [-0.2, 0) is 6.54 Å². The van der Waals surface area contributed by atoms with Crippen LogP contribution in [0.5, 0.6) is 5.75 Å². The van der Waals surface area contributed by atoms with Gasteiger partial charge in [-0.15, -0.1) is 0 Å². The van der Waals surface area contributed by atoms with E-state index in [1.54, 1.807) is 17.0 Å². The zero-order valence-corrected chi connectivity index (χ0v) is 13.4. The monoisotopic (exact) mass is 314 g/mol. The predicted octanol–water partition coefficient (Wildman–Crippen LogP) is 2.09. The fourth-order valence-corrected chi connectivity index (χ4v) is 4.59. The molecule has 1 saturated heterocycles. The van der Waals surface area contributed by atoms with Crippen molar-refractivity contribution in [1.29, 1.82) is 0 Å². The van der Waals surface area contributed by atoms with Gasteiger partial charge in [0.1, 0.15) is 17.9 Å². The largest absolute Gasteiger partial charge is 0.508 e. The number of phenolic OH excluding ortho intramolecular Hbond substituents is 1. The van der Waals surface area contributed by atoms with Gasteiger partial charge in [-0.25, -0.2) is 4.79 Å². The first kappa shape index (κ1) is 14.8. The molecule has 1 saturated carbocycles. The normalized spacial score (nSPS) is 27.7. The number of phenols is 1. The number of rotatable bonds is 2. The quantitative estimate of drug-likeness (QED) is 0.835. The topological polar surface area (TPSA) is 54.9 Å². The minimum Gasteiger partial charge on any atom is -0.508 e. The molecule has 4 rings (SSSR count). The van der Waals surface area contributed by atoms with E-state index in [0.717, 1.165) is 29.3 Å². The summed E-state index contributed by atoms with van der Waals surface area (Å²) in [4.78, 5) is 13.4. The van der Waals surface area contributed by atoms with Gasteiger partial charge in [0.15, 0.2) is 0 Å². The van der Waals surface area contributed by atoms with Crippen LogP contribution in [0.15, 0.2) is 33.5 Å². The average Bonchev–Trinajstić information content (AvgIpc) is 2.54. The highest BCUT2D eigenvalue weighted by Gasteiger charge is 2.33. The Bertz CT molecular complexity index is 767. The van der Waals surface area contributed by atoms with Gasteiger partial charge in [0.05, 0.1) is 13.1 Å². The molecule has 1 unspecified atom stereocenters. The molecule has 122 valence electrons. The number of nitrogens with one attached hydrogen (secondary N) is 1. The molecular formula is C19H24NO3+. The van der Waals surface area contributed by atoms with E-state index >= 15 is 0 Å². The Labute approximate surface area is 135 Å². The summed E-state index contributed by atoms with van der Waals surface area (Å²) in [6, 6.07) is 6.67. The number of aromatic hydroxyl groups is 1. The van der Waals surface area contributed by atoms with Crippen molar-refractivity contribution in [3.05, 3.63) is 40.2 Å². The van der Waals surface area contributed by atoms with Gasteiger partial charge in [0.25, 0.3) is 0 Å². The number of likely N-dealkylation sites (tertiary alicyclic amines) is 1. The van der Waals surface area contributed by atoms with Crippen molar-refractivity contribution in [3.8, 4) is 5.75 Å². The van der Waals surface area contributed by atoms with Gasteiger partial charge in [-0.3, -0.25) is 0 Å². The number of hydrogen-bond donors (Lipinski definition) is 2. The standard InChI is InChI=1S/C19H23NO3/c21-16-5-6-17-15(9-19(22)23-18(17)10-16)12-20-8-7-13-3-1-2-4-14(13)11-20/h5-6,9-10,13-14,21H,1-4,7-8,11-12H2/p+1/t13-,14+/m0/s1. The second-order valence-corrected chi connectivity index (χ2v) is 7.25. The molecular weight excluding hydrogens is 290 g/mol. The predicted molar refractivity (Wildman–Crippen MR) is 88.6 cm³/mol. The summed E-state index contributed by atoms with van der Waals surface area (Å²) in [5, 5.41) is 10.5. The van der Waals surface area contributed by atoms with E-state index in [2.05, 4.69) is 0 Å². The number of quaternary nitrogens is 1. The van der Waals surface area contributed by atoms with Crippen molar-refractivity contribution < 1.29 is 14.4 Å². The van der Waals surface area contributed by atoms with Gasteiger partial charge >= 0.3 is 5.63 Å². The Morgan fingerprint density at radius 1 is 1.13 bits per heavy atom. The molecule has 2 heterocycles. The van der Waals surface area contributed by atoms with Crippen LogP contribution in [0.4, 0.5) is 0 Å². The molecule has 2 N–H and O–H groups in total. The molecule has 0 radical (unpaired) electrons. The lowest BCUT2D eigenvalue weighted by Crippen LogP contribution is -3.12. The third kappa shape index (κ3) is 3.00. The van der Waals surface area contributed by atoms with Crippen LogP contribution in [0, 0.1) is 11.8 Å². The highest BCUT2D eigenvalue weighted by Crippen LogP contribution is 2.32. The SMILES string of the molecule is O=c1cc(C[NH+]2CC[C@@H]3CCCC[C@@H]3C2)c2ccc(O)cc2o1. The van der Waals surface area contributed by atoms with Crippen LogP contribution in [0.25, 0.3) is 11.0 Å². The summed E-state index contributed by atoms with van der Waals surface area (Å²) in [7, 11) is 0. The van der Waals surface area contributed by atoms with Crippen molar-refractivity contribution in [2.45, 2.75) is 38.6 Å². The third-order valence-electron chi connectivity index (χ3n) is 5.74.